The number of imidazole rings is 1. The fraction of sp³-hybridized carbons (Fsp3) is 0. The smallest absolute Gasteiger partial charge is 0.139 e. The van der Waals surface area contributed by atoms with E-state index in [-0.39, 0.29) is 0 Å². The van der Waals surface area contributed by atoms with Gasteiger partial charge in [-0.3, -0.25) is 0 Å². The van der Waals surface area contributed by atoms with Crippen LogP contribution in [-0.2, 0) is 0 Å². The molecular formula is C13H10ClN3S. The largest absolute Gasteiger partial charge is 0.399 e. The van der Waals surface area contributed by atoms with Crippen molar-refractivity contribution in [2.24, 2.45) is 0 Å². The summed E-state index contributed by atoms with van der Waals surface area (Å²) >= 11 is 7.81. The molecule has 2 heterocycles. The molecule has 2 aromatic heterocycles. The van der Waals surface area contributed by atoms with E-state index in [9.17, 15) is 0 Å². The van der Waals surface area contributed by atoms with Crippen LogP contribution in [0.5, 0.6) is 0 Å². The van der Waals surface area contributed by atoms with E-state index < -0.39 is 0 Å². The van der Waals surface area contributed by atoms with Crippen molar-refractivity contribution in [2.45, 2.75) is 0 Å². The molecule has 0 atom stereocenters. The third-order valence-corrected chi connectivity index (χ3v) is 3.84. The maximum Gasteiger partial charge on any atom is 0.139 e. The van der Waals surface area contributed by atoms with Gasteiger partial charge >= 0.3 is 0 Å². The molecule has 3 rings (SSSR count). The number of nitrogens with zero attached hydrogens (tertiary/aromatic N) is 1. The molecule has 5 heteroatoms. The summed E-state index contributed by atoms with van der Waals surface area (Å²) in [5.41, 5.74) is 8.24. The van der Waals surface area contributed by atoms with Crippen molar-refractivity contribution >= 4 is 28.6 Å². The molecule has 0 saturated heterocycles. The number of nitrogens with one attached hydrogen (secondary N) is 1. The Morgan fingerprint density at radius 3 is 2.94 bits per heavy atom. The second kappa shape index (κ2) is 4.48. The van der Waals surface area contributed by atoms with E-state index in [0.29, 0.717) is 10.7 Å². The van der Waals surface area contributed by atoms with Crippen molar-refractivity contribution in [3.05, 3.63) is 46.9 Å². The number of rotatable bonds is 2. The van der Waals surface area contributed by atoms with Crippen molar-refractivity contribution in [1.82, 2.24) is 9.97 Å². The number of H-pyrrole nitrogens is 1. The molecule has 0 aliphatic carbocycles. The fourth-order valence-corrected chi connectivity index (χ4v) is 2.64. The summed E-state index contributed by atoms with van der Waals surface area (Å²) in [6.45, 7) is 0. The Balaban J connectivity index is 2.05. The Morgan fingerprint density at radius 2 is 2.17 bits per heavy atom. The van der Waals surface area contributed by atoms with E-state index in [0.717, 1.165) is 22.0 Å². The van der Waals surface area contributed by atoms with Gasteiger partial charge < -0.3 is 10.7 Å². The van der Waals surface area contributed by atoms with Crippen LogP contribution in [0.3, 0.4) is 0 Å². The molecule has 0 radical (unpaired) electrons. The van der Waals surface area contributed by atoms with Crippen LogP contribution in [0.15, 0.2) is 41.9 Å². The molecule has 0 spiro atoms. The minimum Gasteiger partial charge on any atom is -0.399 e. The summed E-state index contributed by atoms with van der Waals surface area (Å²) in [6, 6.07) is 9.42. The highest BCUT2D eigenvalue weighted by Crippen LogP contribution is 2.30. The molecule has 0 saturated carbocycles. The normalized spacial score (nSPS) is 10.7. The highest BCUT2D eigenvalue weighted by molar-refractivity contribution is 7.13. The van der Waals surface area contributed by atoms with Gasteiger partial charge in [0.2, 0.25) is 0 Å². The first-order chi connectivity index (χ1) is 8.74. The predicted molar refractivity (Wildman–Crippen MR) is 76.8 cm³/mol. The number of nitrogen functional groups attached to an aromatic ring is 1. The molecule has 18 heavy (non-hydrogen) atoms. The molecule has 0 unspecified atom stereocenters. The SMILES string of the molecule is Nc1ccc(Cl)c(-c2ncc(-c3cccs3)[nH]2)c1. The van der Waals surface area contributed by atoms with E-state index in [1.165, 1.54) is 0 Å². The number of thiophene rings is 1. The van der Waals surface area contributed by atoms with Gasteiger partial charge in [-0.15, -0.1) is 11.3 Å². The van der Waals surface area contributed by atoms with Crippen LogP contribution in [0.4, 0.5) is 5.69 Å². The standard InChI is InChI=1S/C13H10ClN3S/c14-10-4-3-8(15)6-9(10)13-16-7-11(17-13)12-2-1-5-18-12/h1-7H,15H2,(H,16,17). The molecule has 3 nitrogen and oxygen atoms in total. The van der Waals surface area contributed by atoms with Gasteiger partial charge in [0, 0.05) is 11.3 Å². The summed E-state index contributed by atoms with van der Waals surface area (Å²) in [5.74, 6) is 0.732. The van der Waals surface area contributed by atoms with Gasteiger partial charge in [0.1, 0.15) is 5.82 Å². The van der Waals surface area contributed by atoms with Crippen LogP contribution in [0.25, 0.3) is 22.0 Å². The first kappa shape index (κ1) is 11.3. The van der Waals surface area contributed by atoms with Crippen molar-refractivity contribution in [3.63, 3.8) is 0 Å². The van der Waals surface area contributed by atoms with Gasteiger partial charge in [-0.25, -0.2) is 4.98 Å². The molecule has 90 valence electrons. The lowest BCUT2D eigenvalue weighted by Crippen LogP contribution is -1.88. The van der Waals surface area contributed by atoms with Crippen molar-refractivity contribution < 1.29 is 0 Å². The minimum absolute atomic E-state index is 0.635. The summed E-state index contributed by atoms with van der Waals surface area (Å²) in [5, 5.41) is 2.67. The molecular weight excluding hydrogens is 266 g/mol. The number of aromatic nitrogens is 2. The quantitative estimate of drug-likeness (QED) is 0.694. The molecule has 1 aromatic carbocycles. The Kier molecular flexibility index (Phi) is 2.81. The van der Waals surface area contributed by atoms with Crippen molar-refractivity contribution in [3.8, 4) is 22.0 Å². The van der Waals surface area contributed by atoms with Gasteiger partial charge in [-0.1, -0.05) is 17.7 Å². The van der Waals surface area contributed by atoms with Crippen LogP contribution < -0.4 is 5.73 Å². The number of aromatic amines is 1. The van der Waals surface area contributed by atoms with Gasteiger partial charge in [0.05, 0.1) is 21.8 Å². The number of benzene rings is 1. The van der Waals surface area contributed by atoms with Crippen molar-refractivity contribution in [2.75, 3.05) is 5.73 Å². The average molecular weight is 276 g/mol. The van der Waals surface area contributed by atoms with E-state index in [1.54, 1.807) is 29.7 Å². The Bertz CT molecular complexity index is 673. The number of hydrogen-bond acceptors (Lipinski definition) is 3. The maximum absolute atomic E-state index is 6.15. The van der Waals surface area contributed by atoms with E-state index >= 15 is 0 Å². The summed E-state index contributed by atoms with van der Waals surface area (Å²) in [6.07, 6.45) is 1.81. The van der Waals surface area contributed by atoms with Gasteiger partial charge in [0.25, 0.3) is 0 Å². The number of hydrogen-bond donors (Lipinski definition) is 2. The van der Waals surface area contributed by atoms with Gasteiger partial charge in [-0.2, -0.15) is 0 Å². The molecule has 0 aliphatic rings. The highest BCUT2D eigenvalue weighted by atomic mass is 35.5. The molecule has 0 bridgehead atoms. The number of nitrogens with two attached hydrogens (primary N) is 1. The molecule has 0 fully saturated rings. The summed E-state index contributed by atoms with van der Waals surface area (Å²) < 4.78 is 0. The Labute approximate surface area is 113 Å². The van der Waals surface area contributed by atoms with Crippen molar-refractivity contribution in [1.29, 1.82) is 0 Å². The van der Waals surface area contributed by atoms with E-state index in [2.05, 4.69) is 9.97 Å². The van der Waals surface area contributed by atoms with E-state index in [1.807, 2.05) is 23.6 Å². The molecule has 0 aliphatic heterocycles. The Hall–Kier alpha value is -1.78. The van der Waals surface area contributed by atoms with Crippen LogP contribution in [-0.4, -0.2) is 9.97 Å². The first-order valence-electron chi connectivity index (χ1n) is 5.38. The molecule has 3 aromatic rings. The van der Waals surface area contributed by atoms with Gasteiger partial charge in [0.15, 0.2) is 0 Å². The lowest BCUT2D eigenvalue weighted by molar-refractivity contribution is 1.31. The minimum atomic E-state index is 0.635. The highest BCUT2D eigenvalue weighted by Gasteiger charge is 2.09. The zero-order valence-electron chi connectivity index (χ0n) is 9.35. The average Bonchev–Trinajstić information content (AvgIpc) is 3.00. The lowest BCUT2D eigenvalue weighted by atomic mass is 10.2. The summed E-state index contributed by atoms with van der Waals surface area (Å²) in [7, 11) is 0. The van der Waals surface area contributed by atoms with Crippen LogP contribution in [0.1, 0.15) is 0 Å². The predicted octanol–water partition coefficient (Wildman–Crippen LogP) is 4.04. The van der Waals surface area contributed by atoms with E-state index in [4.69, 9.17) is 17.3 Å². The summed E-state index contributed by atoms with van der Waals surface area (Å²) in [4.78, 5) is 8.76. The topological polar surface area (TPSA) is 54.7 Å². The first-order valence-corrected chi connectivity index (χ1v) is 6.64. The molecule has 0 amide bonds. The number of halogens is 1. The maximum atomic E-state index is 6.15. The fourth-order valence-electron chi connectivity index (χ4n) is 1.74. The Morgan fingerprint density at radius 1 is 1.28 bits per heavy atom. The zero-order valence-corrected chi connectivity index (χ0v) is 10.9. The zero-order chi connectivity index (χ0) is 12.5. The van der Waals surface area contributed by atoms with Gasteiger partial charge in [-0.05, 0) is 29.6 Å². The second-order valence-electron chi connectivity index (χ2n) is 3.86. The van der Waals surface area contributed by atoms with Crippen LogP contribution in [0.2, 0.25) is 5.02 Å². The third-order valence-electron chi connectivity index (χ3n) is 2.61. The number of anilines is 1. The lowest BCUT2D eigenvalue weighted by Gasteiger charge is -2.02. The van der Waals surface area contributed by atoms with Crippen LogP contribution >= 0.6 is 22.9 Å². The monoisotopic (exact) mass is 275 g/mol. The molecule has 3 N–H and O–H groups in total. The second-order valence-corrected chi connectivity index (χ2v) is 5.22. The third kappa shape index (κ3) is 2.00. The van der Waals surface area contributed by atoms with Crippen LogP contribution in [0, 0.1) is 0 Å².